The van der Waals surface area contributed by atoms with Crippen LogP contribution in [-0.2, 0) is 0 Å². The summed E-state index contributed by atoms with van der Waals surface area (Å²) in [4.78, 5) is 21.9. The molecule has 108 valence electrons. The highest BCUT2D eigenvalue weighted by molar-refractivity contribution is 5.95. The van der Waals surface area contributed by atoms with Crippen molar-refractivity contribution in [1.29, 1.82) is 0 Å². The molecule has 2 aromatic rings. The van der Waals surface area contributed by atoms with Crippen molar-refractivity contribution in [1.82, 2.24) is 0 Å². The fraction of sp³-hybridized carbons (Fsp3) is 0.188. The van der Waals surface area contributed by atoms with Crippen LogP contribution in [0.4, 0.5) is 5.69 Å². The lowest BCUT2D eigenvalue weighted by molar-refractivity contribution is -0.386. The van der Waals surface area contributed by atoms with Crippen molar-refractivity contribution in [3.63, 3.8) is 0 Å². The second-order valence-electron chi connectivity index (χ2n) is 4.67. The standard InChI is InChI=1S/C16H15NO4/c1-11(18)14-8-9-16(15(10-14)17(19)20)21-12(2)13-6-4-3-5-7-13/h3-10,12H,1-2H3. The number of hydrogen-bond donors (Lipinski definition) is 0. The molecule has 0 N–H and O–H groups in total. The number of carbonyl (C=O) groups is 1. The molecule has 0 spiro atoms. The Morgan fingerprint density at radius 2 is 1.86 bits per heavy atom. The van der Waals surface area contributed by atoms with Gasteiger partial charge in [-0.2, -0.15) is 0 Å². The smallest absolute Gasteiger partial charge is 0.311 e. The molecule has 0 heterocycles. The third-order valence-electron chi connectivity index (χ3n) is 3.13. The van der Waals surface area contributed by atoms with Crippen LogP contribution in [0.25, 0.3) is 0 Å². The van der Waals surface area contributed by atoms with E-state index < -0.39 is 4.92 Å². The third-order valence-corrected chi connectivity index (χ3v) is 3.13. The van der Waals surface area contributed by atoms with Crippen molar-refractivity contribution in [3.05, 3.63) is 69.8 Å². The van der Waals surface area contributed by atoms with Gasteiger partial charge in [0.15, 0.2) is 11.5 Å². The van der Waals surface area contributed by atoms with E-state index in [1.807, 2.05) is 37.3 Å². The fourth-order valence-corrected chi connectivity index (χ4v) is 1.96. The van der Waals surface area contributed by atoms with Gasteiger partial charge in [-0.15, -0.1) is 0 Å². The number of Topliss-reactive ketones (excluding diaryl/α,β-unsaturated/α-hetero) is 1. The number of ketones is 1. The predicted octanol–water partition coefficient (Wildman–Crippen LogP) is 3.94. The molecule has 0 bridgehead atoms. The average molecular weight is 285 g/mol. The highest BCUT2D eigenvalue weighted by atomic mass is 16.6. The van der Waals surface area contributed by atoms with E-state index in [1.54, 1.807) is 0 Å². The summed E-state index contributed by atoms with van der Waals surface area (Å²) < 4.78 is 5.67. The van der Waals surface area contributed by atoms with Gasteiger partial charge in [0.2, 0.25) is 0 Å². The van der Waals surface area contributed by atoms with Gasteiger partial charge in [0.25, 0.3) is 0 Å². The maximum atomic E-state index is 11.3. The van der Waals surface area contributed by atoms with Crippen molar-refractivity contribution in [3.8, 4) is 5.75 Å². The monoisotopic (exact) mass is 285 g/mol. The molecule has 0 aliphatic rings. The summed E-state index contributed by atoms with van der Waals surface area (Å²) in [7, 11) is 0. The number of nitrogens with zero attached hydrogens (tertiary/aromatic N) is 1. The molecule has 0 saturated heterocycles. The van der Waals surface area contributed by atoms with Gasteiger partial charge in [-0.25, -0.2) is 0 Å². The average Bonchev–Trinajstić information content (AvgIpc) is 2.48. The van der Waals surface area contributed by atoms with E-state index in [0.29, 0.717) is 5.56 Å². The zero-order valence-electron chi connectivity index (χ0n) is 11.8. The van der Waals surface area contributed by atoms with Crippen molar-refractivity contribution in [2.75, 3.05) is 0 Å². The Labute approximate surface area is 122 Å². The summed E-state index contributed by atoms with van der Waals surface area (Å²) >= 11 is 0. The van der Waals surface area contributed by atoms with Crippen LogP contribution < -0.4 is 4.74 Å². The largest absolute Gasteiger partial charge is 0.479 e. The van der Waals surface area contributed by atoms with Crippen LogP contribution in [0, 0.1) is 10.1 Å². The Hall–Kier alpha value is -2.69. The Balaban J connectivity index is 2.31. The maximum Gasteiger partial charge on any atom is 0.311 e. The van der Waals surface area contributed by atoms with Gasteiger partial charge in [0, 0.05) is 11.6 Å². The molecule has 1 unspecified atom stereocenters. The van der Waals surface area contributed by atoms with Crippen molar-refractivity contribution in [2.45, 2.75) is 20.0 Å². The highest BCUT2D eigenvalue weighted by Crippen LogP contribution is 2.32. The number of ether oxygens (including phenoxy) is 1. The second kappa shape index (κ2) is 6.17. The van der Waals surface area contributed by atoms with E-state index in [-0.39, 0.29) is 23.3 Å². The summed E-state index contributed by atoms with van der Waals surface area (Å²) in [6.07, 6.45) is -0.326. The summed E-state index contributed by atoms with van der Waals surface area (Å²) in [5, 5.41) is 11.1. The van der Waals surface area contributed by atoms with Crippen LogP contribution >= 0.6 is 0 Å². The molecule has 21 heavy (non-hydrogen) atoms. The summed E-state index contributed by atoms with van der Waals surface area (Å²) in [6.45, 7) is 3.18. The Bertz CT molecular complexity index is 667. The quantitative estimate of drug-likeness (QED) is 0.474. The molecular weight excluding hydrogens is 270 g/mol. The lowest BCUT2D eigenvalue weighted by atomic mass is 10.1. The molecule has 1 atom stereocenters. The molecule has 2 rings (SSSR count). The van der Waals surface area contributed by atoms with Crippen LogP contribution in [0.1, 0.15) is 35.9 Å². The van der Waals surface area contributed by atoms with Gasteiger partial charge in [-0.05, 0) is 31.5 Å². The Morgan fingerprint density at radius 3 is 2.43 bits per heavy atom. The van der Waals surface area contributed by atoms with Crippen LogP contribution in [0.2, 0.25) is 0 Å². The van der Waals surface area contributed by atoms with E-state index >= 15 is 0 Å². The van der Waals surface area contributed by atoms with Gasteiger partial charge in [0.1, 0.15) is 6.10 Å². The topological polar surface area (TPSA) is 69.4 Å². The van der Waals surface area contributed by atoms with E-state index in [1.165, 1.54) is 25.1 Å². The first kappa shape index (κ1) is 14.7. The molecule has 5 heteroatoms. The third kappa shape index (κ3) is 3.45. The number of nitro groups is 1. The highest BCUT2D eigenvalue weighted by Gasteiger charge is 2.19. The Morgan fingerprint density at radius 1 is 1.19 bits per heavy atom. The minimum absolute atomic E-state index is 0.154. The number of nitro benzene ring substituents is 1. The molecule has 0 aromatic heterocycles. The fourth-order valence-electron chi connectivity index (χ4n) is 1.96. The minimum Gasteiger partial charge on any atom is -0.479 e. The summed E-state index contributed by atoms with van der Waals surface area (Å²) in [6, 6.07) is 13.7. The number of hydrogen-bond acceptors (Lipinski definition) is 4. The van der Waals surface area contributed by atoms with Crippen LogP contribution in [-0.4, -0.2) is 10.7 Å². The number of rotatable bonds is 5. The van der Waals surface area contributed by atoms with Crippen molar-refractivity contribution >= 4 is 11.5 Å². The van der Waals surface area contributed by atoms with Crippen molar-refractivity contribution in [2.24, 2.45) is 0 Å². The van der Waals surface area contributed by atoms with Gasteiger partial charge in [-0.3, -0.25) is 14.9 Å². The molecule has 0 aliphatic heterocycles. The van der Waals surface area contributed by atoms with Gasteiger partial charge < -0.3 is 4.74 Å². The molecule has 5 nitrogen and oxygen atoms in total. The summed E-state index contributed by atoms with van der Waals surface area (Å²) in [5.41, 5.74) is 1.01. The van der Waals surface area contributed by atoms with Gasteiger partial charge in [0.05, 0.1) is 4.92 Å². The first-order valence-electron chi connectivity index (χ1n) is 6.50. The second-order valence-corrected chi connectivity index (χ2v) is 4.67. The normalized spacial score (nSPS) is 11.7. The van der Waals surface area contributed by atoms with E-state index in [0.717, 1.165) is 5.56 Å². The zero-order valence-corrected chi connectivity index (χ0v) is 11.8. The minimum atomic E-state index is -0.542. The molecule has 0 amide bonds. The molecule has 0 fully saturated rings. The van der Waals surface area contributed by atoms with Gasteiger partial charge in [-0.1, -0.05) is 30.3 Å². The van der Waals surface area contributed by atoms with E-state index in [4.69, 9.17) is 4.74 Å². The molecular formula is C16H15NO4. The molecule has 2 aromatic carbocycles. The van der Waals surface area contributed by atoms with Crippen LogP contribution in [0.3, 0.4) is 0 Å². The van der Waals surface area contributed by atoms with Crippen LogP contribution in [0.5, 0.6) is 5.75 Å². The summed E-state index contributed by atoms with van der Waals surface area (Å²) in [5.74, 6) is -0.0675. The predicted molar refractivity (Wildman–Crippen MR) is 78.6 cm³/mol. The molecule has 0 saturated carbocycles. The SMILES string of the molecule is CC(=O)c1ccc(OC(C)c2ccccc2)c([N+](=O)[O-])c1. The molecule has 0 radical (unpaired) electrons. The number of benzene rings is 2. The van der Waals surface area contributed by atoms with E-state index in [2.05, 4.69) is 0 Å². The lowest BCUT2D eigenvalue weighted by Crippen LogP contribution is -2.05. The first-order chi connectivity index (χ1) is 9.99. The van der Waals surface area contributed by atoms with Gasteiger partial charge >= 0.3 is 5.69 Å². The Kier molecular flexibility index (Phi) is 4.33. The lowest BCUT2D eigenvalue weighted by Gasteiger charge is -2.15. The number of carbonyl (C=O) groups excluding carboxylic acids is 1. The van der Waals surface area contributed by atoms with E-state index in [9.17, 15) is 14.9 Å². The molecule has 0 aliphatic carbocycles. The van der Waals surface area contributed by atoms with Crippen LogP contribution in [0.15, 0.2) is 48.5 Å². The first-order valence-corrected chi connectivity index (χ1v) is 6.50. The zero-order chi connectivity index (χ0) is 15.4. The van der Waals surface area contributed by atoms with Crippen molar-refractivity contribution < 1.29 is 14.5 Å². The maximum absolute atomic E-state index is 11.3.